The Labute approximate surface area is 105 Å². The fourth-order valence-electron chi connectivity index (χ4n) is 2.29. The summed E-state index contributed by atoms with van der Waals surface area (Å²) in [6.07, 6.45) is 1.82. The van der Waals surface area contributed by atoms with Crippen molar-refractivity contribution in [3.8, 4) is 0 Å². The largest absolute Gasteiger partial charge is 0.308 e. The molecule has 0 fully saturated rings. The Morgan fingerprint density at radius 1 is 1.35 bits per heavy atom. The van der Waals surface area contributed by atoms with E-state index in [1.165, 1.54) is 0 Å². The molecule has 1 amide bonds. The first-order chi connectivity index (χ1) is 7.97. The van der Waals surface area contributed by atoms with Crippen LogP contribution in [0.25, 0.3) is 0 Å². The van der Waals surface area contributed by atoms with E-state index in [1.54, 1.807) is 0 Å². The molecular formula is C12H28N4O. The monoisotopic (exact) mass is 244 g/mol. The quantitative estimate of drug-likeness (QED) is 0.369. The van der Waals surface area contributed by atoms with Crippen LogP contribution in [0.1, 0.15) is 33.6 Å². The first-order valence-electron chi connectivity index (χ1n) is 6.38. The van der Waals surface area contributed by atoms with Gasteiger partial charge in [-0.1, -0.05) is 20.3 Å². The van der Waals surface area contributed by atoms with E-state index in [-0.39, 0.29) is 11.9 Å². The maximum Gasteiger partial charge on any atom is 0.251 e. The molecule has 2 unspecified atom stereocenters. The van der Waals surface area contributed by atoms with Crippen molar-refractivity contribution < 1.29 is 4.79 Å². The number of nitrogens with one attached hydrogen (secondary N) is 1. The molecule has 0 aromatic heterocycles. The van der Waals surface area contributed by atoms with Crippen molar-refractivity contribution in [3.05, 3.63) is 0 Å². The van der Waals surface area contributed by atoms with E-state index in [9.17, 15) is 4.79 Å². The Morgan fingerprint density at radius 2 is 1.94 bits per heavy atom. The predicted octanol–water partition coefficient (Wildman–Crippen LogP) is 0.417. The van der Waals surface area contributed by atoms with Crippen LogP contribution in [0, 0.1) is 0 Å². The maximum atomic E-state index is 11.8. The van der Waals surface area contributed by atoms with Gasteiger partial charge in [0.1, 0.15) is 0 Å². The van der Waals surface area contributed by atoms with Crippen LogP contribution in [-0.4, -0.2) is 55.0 Å². The molecule has 0 radical (unpaired) electrons. The van der Waals surface area contributed by atoms with Gasteiger partial charge in [0.2, 0.25) is 0 Å². The summed E-state index contributed by atoms with van der Waals surface area (Å²) >= 11 is 0. The Kier molecular flexibility index (Phi) is 8.12. The first-order valence-corrected chi connectivity index (χ1v) is 6.38. The molecule has 5 heteroatoms. The lowest BCUT2D eigenvalue weighted by Crippen LogP contribution is -2.53. The standard InChI is InChI=1S/C12H28N4O/c1-6-8-11(12(17)14-13)16(7-2)10(3)9-15(4)5/h10-11H,6-9,13H2,1-5H3,(H,14,17). The third kappa shape index (κ3) is 5.48. The molecule has 0 aliphatic rings. The summed E-state index contributed by atoms with van der Waals surface area (Å²) in [6.45, 7) is 8.11. The summed E-state index contributed by atoms with van der Waals surface area (Å²) in [5.74, 6) is 5.18. The van der Waals surface area contributed by atoms with Crippen LogP contribution in [0.2, 0.25) is 0 Å². The van der Waals surface area contributed by atoms with Gasteiger partial charge in [0, 0.05) is 12.6 Å². The summed E-state index contributed by atoms with van der Waals surface area (Å²) in [6, 6.07) is 0.216. The van der Waals surface area contributed by atoms with Gasteiger partial charge in [0.25, 0.3) is 5.91 Å². The summed E-state index contributed by atoms with van der Waals surface area (Å²) in [4.78, 5) is 16.2. The predicted molar refractivity (Wildman–Crippen MR) is 71.4 cm³/mol. The van der Waals surface area contributed by atoms with Gasteiger partial charge in [0.15, 0.2) is 0 Å². The van der Waals surface area contributed by atoms with E-state index in [2.05, 4.69) is 36.0 Å². The summed E-state index contributed by atoms with van der Waals surface area (Å²) < 4.78 is 0. The molecular weight excluding hydrogens is 216 g/mol. The van der Waals surface area contributed by atoms with Crippen LogP contribution in [0.5, 0.6) is 0 Å². The highest BCUT2D eigenvalue weighted by molar-refractivity contribution is 5.81. The zero-order valence-corrected chi connectivity index (χ0v) is 11.9. The van der Waals surface area contributed by atoms with Gasteiger partial charge >= 0.3 is 0 Å². The Bertz CT molecular complexity index is 221. The first kappa shape index (κ1) is 16.4. The highest BCUT2D eigenvalue weighted by Crippen LogP contribution is 2.12. The molecule has 0 saturated carbocycles. The lowest BCUT2D eigenvalue weighted by molar-refractivity contribution is -0.127. The van der Waals surface area contributed by atoms with Gasteiger partial charge < -0.3 is 4.90 Å². The normalized spacial score (nSPS) is 15.1. The highest BCUT2D eigenvalue weighted by Gasteiger charge is 2.27. The number of hydrogen-bond donors (Lipinski definition) is 2. The van der Waals surface area contributed by atoms with Crippen LogP contribution >= 0.6 is 0 Å². The van der Waals surface area contributed by atoms with Crippen molar-refractivity contribution in [1.82, 2.24) is 15.2 Å². The molecule has 2 atom stereocenters. The molecule has 0 aliphatic carbocycles. The summed E-state index contributed by atoms with van der Waals surface area (Å²) in [7, 11) is 4.09. The SMILES string of the molecule is CCCC(C(=O)NN)N(CC)C(C)CN(C)C. The van der Waals surface area contributed by atoms with Gasteiger partial charge in [-0.15, -0.1) is 0 Å². The fourth-order valence-corrected chi connectivity index (χ4v) is 2.29. The lowest BCUT2D eigenvalue weighted by Gasteiger charge is -2.35. The van der Waals surface area contributed by atoms with E-state index < -0.39 is 0 Å². The van der Waals surface area contributed by atoms with E-state index in [0.717, 1.165) is 25.9 Å². The van der Waals surface area contributed by atoms with Crippen molar-refractivity contribution in [3.63, 3.8) is 0 Å². The zero-order valence-electron chi connectivity index (χ0n) is 11.9. The van der Waals surface area contributed by atoms with Gasteiger partial charge in [-0.05, 0) is 34.0 Å². The molecule has 0 saturated heterocycles. The number of amides is 1. The number of likely N-dealkylation sites (N-methyl/N-ethyl adjacent to an activating group) is 2. The van der Waals surface area contributed by atoms with Crippen LogP contribution in [0.4, 0.5) is 0 Å². The average molecular weight is 244 g/mol. The van der Waals surface area contributed by atoms with Crippen LogP contribution in [0.15, 0.2) is 0 Å². The molecule has 0 bridgehead atoms. The summed E-state index contributed by atoms with van der Waals surface area (Å²) in [5.41, 5.74) is 2.28. The number of hydrazine groups is 1. The molecule has 0 rings (SSSR count). The van der Waals surface area contributed by atoms with Gasteiger partial charge in [-0.3, -0.25) is 15.1 Å². The Hall–Kier alpha value is -0.650. The molecule has 0 aromatic rings. The van der Waals surface area contributed by atoms with Crippen LogP contribution < -0.4 is 11.3 Å². The minimum Gasteiger partial charge on any atom is -0.308 e. The minimum absolute atomic E-state index is 0.0840. The fraction of sp³-hybridized carbons (Fsp3) is 0.917. The average Bonchev–Trinajstić information content (AvgIpc) is 2.27. The molecule has 0 heterocycles. The van der Waals surface area contributed by atoms with Crippen molar-refractivity contribution in [2.45, 2.75) is 45.7 Å². The smallest absolute Gasteiger partial charge is 0.251 e. The van der Waals surface area contributed by atoms with Crippen LogP contribution in [-0.2, 0) is 4.79 Å². The minimum atomic E-state index is -0.120. The van der Waals surface area contributed by atoms with Gasteiger partial charge in [-0.25, -0.2) is 5.84 Å². The number of nitrogens with two attached hydrogens (primary N) is 1. The van der Waals surface area contributed by atoms with Crippen molar-refractivity contribution in [2.75, 3.05) is 27.2 Å². The number of carbonyl (C=O) groups excluding carboxylic acids is 1. The Balaban J connectivity index is 4.70. The van der Waals surface area contributed by atoms with Crippen molar-refractivity contribution in [2.24, 2.45) is 5.84 Å². The van der Waals surface area contributed by atoms with Crippen LogP contribution in [0.3, 0.4) is 0 Å². The molecule has 5 nitrogen and oxygen atoms in total. The molecule has 0 aromatic carbocycles. The maximum absolute atomic E-state index is 11.8. The zero-order chi connectivity index (χ0) is 13.4. The summed E-state index contributed by atoms with van der Waals surface area (Å²) in [5, 5.41) is 0. The molecule has 0 aliphatic heterocycles. The number of hydrogen-bond acceptors (Lipinski definition) is 4. The number of nitrogens with zero attached hydrogens (tertiary/aromatic N) is 2. The van der Waals surface area contributed by atoms with Crippen molar-refractivity contribution in [1.29, 1.82) is 0 Å². The third-order valence-corrected chi connectivity index (χ3v) is 2.97. The third-order valence-electron chi connectivity index (χ3n) is 2.97. The molecule has 3 N–H and O–H groups in total. The number of carbonyl (C=O) groups is 1. The van der Waals surface area contributed by atoms with E-state index in [4.69, 9.17) is 5.84 Å². The Morgan fingerprint density at radius 3 is 2.29 bits per heavy atom. The molecule has 102 valence electrons. The second kappa shape index (κ2) is 8.44. The van der Waals surface area contributed by atoms with E-state index in [0.29, 0.717) is 6.04 Å². The molecule has 0 spiro atoms. The number of rotatable bonds is 8. The second-order valence-electron chi connectivity index (χ2n) is 4.75. The van der Waals surface area contributed by atoms with Gasteiger partial charge in [0.05, 0.1) is 6.04 Å². The second-order valence-corrected chi connectivity index (χ2v) is 4.75. The topological polar surface area (TPSA) is 61.6 Å². The lowest BCUT2D eigenvalue weighted by atomic mass is 10.1. The molecule has 17 heavy (non-hydrogen) atoms. The highest BCUT2D eigenvalue weighted by atomic mass is 16.2. The van der Waals surface area contributed by atoms with E-state index in [1.807, 2.05) is 14.1 Å². The van der Waals surface area contributed by atoms with Gasteiger partial charge in [-0.2, -0.15) is 0 Å². The van der Waals surface area contributed by atoms with Crippen molar-refractivity contribution >= 4 is 5.91 Å². The van der Waals surface area contributed by atoms with E-state index >= 15 is 0 Å².